The number of carbonyl (C=O) groups is 2. The maximum Gasteiger partial charge on any atom is 0.342 e. The second-order valence-corrected chi connectivity index (χ2v) is 4.56. The van der Waals surface area contributed by atoms with Gasteiger partial charge < -0.3 is 15.4 Å². The molecule has 0 aliphatic heterocycles. The van der Waals surface area contributed by atoms with Crippen molar-refractivity contribution in [2.45, 2.75) is 18.9 Å². The molecule has 5 nitrogen and oxygen atoms in total. The first kappa shape index (κ1) is 13.6. The van der Waals surface area contributed by atoms with Gasteiger partial charge in [-0.15, -0.1) is 0 Å². The molecule has 0 heterocycles. The number of ether oxygens (including phenoxy) is 1. The maximum absolute atomic E-state index is 14.1. The number of hydrogen-bond acceptors (Lipinski definition) is 3. The van der Waals surface area contributed by atoms with Crippen molar-refractivity contribution in [3.63, 3.8) is 0 Å². The molecular weight excluding hydrogens is 275 g/mol. The van der Waals surface area contributed by atoms with Crippen LogP contribution < -0.4 is 10.6 Å². The monoisotopic (exact) mass is 286 g/mol. The van der Waals surface area contributed by atoms with E-state index in [-0.39, 0.29) is 16.8 Å². The molecule has 2 amide bonds. The van der Waals surface area contributed by atoms with Gasteiger partial charge in [-0.2, -0.15) is 0 Å². The molecule has 1 fully saturated rings. The van der Waals surface area contributed by atoms with Crippen molar-refractivity contribution in [1.82, 2.24) is 5.32 Å². The number of halogens is 2. The van der Waals surface area contributed by atoms with Crippen LogP contribution in [0, 0.1) is 5.82 Å². The molecule has 1 saturated carbocycles. The van der Waals surface area contributed by atoms with Gasteiger partial charge in [-0.3, -0.25) is 0 Å². The van der Waals surface area contributed by atoms with E-state index in [2.05, 4.69) is 15.4 Å². The van der Waals surface area contributed by atoms with Crippen molar-refractivity contribution in [2.24, 2.45) is 0 Å². The lowest BCUT2D eigenvalue weighted by molar-refractivity contribution is 0.0596. The van der Waals surface area contributed by atoms with Crippen molar-refractivity contribution < 1.29 is 18.7 Å². The highest BCUT2D eigenvalue weighted by molar-refractivity contribution is 6.33. The van der Waals surface area contributed by atoms with Gasteiger partial charge >= 0.3 is 12.0 Å². The first-order valence-electron chi connectivity index (χ1n) is 5.66. The molecule has 0 radical (unpaired) electrons. The molecule has 7 heteroatoms. The molecule has 1 aliphatic rings. The van der Waals surface area contributed by atoms with Gasteiger partial charge in [0.2, 0.25) is 0 Å². The smallest absolute Gasteiger partial charge is 0.342 e. The SMILES string of the molecule is COC(=O)c1c(Cl)ccc(NC(=O)NC2CC2)c1F. The van der Waals surface area contributed by atoms with E-state index in [1.807, 2.05) is 0 Å². The number of hydrogen-bond donors (Lipinski definition) is 2. The number of carbonyl (C=O) groups excluding carboxylic acids is 2. The number of amides is 2. The summed E-state index contributed by atoms with van der Waals surface area (Å²) in [4.78, 5) is 22.9. The summed E-state index contributed by atoms with van der Waals surface area (Å²) in [6, 6.07) is 2.25. The van der Waals surface area contributed by atoms with Crippen LogP contribution in [0.5, 0.6) is 0 Å². The zero-order chi connectivity index (χ0) is 14.0. The van der Waals surface area contributed by atoms with Gasteiger partial charge in [-0.1, -0.05) is 11.6 Å². The number of rotatable bonds is 3. The van der Waals surface area contributed by atoms with Gasteiger partial charge in [0.05, 0.1) is 17.8 Å². The highest BCUT2D eigenvalue weighted by Gasteiger charge is 2.25. The molecule has 1 aliphatic carbocycles. The Morgan fingerprint density at radius 1 is 1.42 bits per heavy atom. The molecule has 1 aromatic carbocycles. The summed E-state index contributed by atoms with van der Waals surface area (Å²) in [6.07, 6.45) is 1.84. The molecule has 0 atom stereocenters. The first-order valence-corrected chi connectivity index (χ1v) is 6.04. The second-order valence-electron chi connectivity index (χ2n) is 4.15. The number of anilines is 1. The summed E-state index contributed by atoms with van der Waals surface area (Å²) >= 11 is 5.74. The average Bonchev–Trinajstić information content (AvgIpc) is 3.16. The molecule has 2 rings (SSSR count). The van der Waals surface area contributed by atoms with Crippen molar-refractivity contribution >= 4 is 29.3 Å². The highest BCUT2D eigenvalue weighted by atomic mass is 35.5. The van der Waals surface area contributed by atoms with Crippen molar-refractivity contribution in [3.8, 4) is 0 Å². The average molecular weight is 287 g/mol. The molecule has 0 bridgehead atoms. The topological polar surface area (TPSA) is 67.4 Å². The van der Waals surface area contributed by atoms with Crippen LogP contribution in [0.25, 0.3) is 0 Å². The maximum atomic E-state index is 14.1. The largest absolute Gasteiger partial charge is 0.465 e. The number of esters is 1. The van der Waals surface area contributed by atoms with Crippen molar-refractivity contribution in [1.29, 1.82) is 0 Å². The molecule has 0 saturated heterocycles. The van der Waals surface area contributed by atoms with Gasteiger partial charge in [0, 0.05) is 6.04 Å². The molecule has 19 heavy (non-hydrogen) atoms. The van der Waals surface area contributed by atoms with E-state index in [1.165, 1.54) is 12.1 Å². The van der Waals surface area contributed by atoms with E-state index in [0.29, 0.717) is 0 Å². The molecule has 1 aromatic rings. The standard InChI is InChI=1S/C12H12ClFN2O3/c1-19-11(17)9-7(13)4-5-8(10(9)14)16-12(18)15-6-2-3-6/h4-6H,2-3H2,1H3,(H2,15,16,18). The van der Waals surface area contributed by atoms with Crippen LogP contribution in [0.4, 0.5) is 14.9 Å². The van der Waals surface area contributed by atoms with Crippen LogP contribution in [0.15, 0.2) is 12.1 Å². The summed E-state index contributed by atoms with van der Waals surface area (Å²) in [5, 5.41) is 4.91. The molecule has 0 unspecified atom stereocenters. The molecule has 0 spiro atoms. The molecule has 102 valence electrons. The summed E-state index contributed by atoms with van der Waals surface area (Å²) in [7, 11) is 1.12. The quantitative estimate of drug-likeness (QED) is 0.839. The summed E-state index contributed by atoms with van der Waals surface area (Å²) in [5.41, 5.74) is -0.517. The second kappa shape index (κ2) is 5.44. The Kier molecular flexibility index (Phi) is 3.90. The predicted molar refractivity (Wildman–Crippen MR) is 67.9 cm³/mol. The zero-order valence-electron chi connectivity index (χ0n) is 10.1. The third-order valence-corrected chi connectivity index (χ3v) is 2.96. The summed E-state index contributed by atoms with van der Waals surface area (Å²) in [5.74, 6) is -1.81. The van der Waals surface area contributed by atoms with Gasteiger partial charge in [0.25, 0.3) is 0 Å². The minimum absolute atomic E-state index is 0.0718. The Hall–Kier alpha value is -1.82. The van der Waals surface area contributed by atoms with Crippen LogP contribution in [-0.2, 0) is 4.74 Å². The van der Waals surface area contributed by atoms with E-state index >= 15 is 0 Å². The van der Waals surface area contributed by atoms with Crippen molar-refractivity contribution in [2.75, 3.05) is 12.4 Å². The van der Waals surface area contributed by atoms with Gasteiger partial charge in [-0.05, 0) is 25.0 Å². The fraction of sp³-hybridized carbons (Fsp3) is 0.333. The van der Waals surface area contributed by atoms with Crippen LogP contribution in [0.2, 0.25) is 5.02 Å². The number of benzene rings is 1. The molecule has 0 aromatic heterocycles. The fourth-order valence-electron chi connectivity index (χ4n) is 1.51. The van der Waals surface area contributed by atoms with E-state index in [4.69, 9.17) is 11.6 Å². The lowest BCUT2D eigenvalue weighted by atomic mass is 10.2. The Morgan fingerprint density at radius 2 is 2.11 bits per heavy atom. The Bertz CT molecular complexity index is 532. The van der Waals surface area contributed by atoms with Crippen LogP contribution in [0.3, 0.4) is 0 Å². The van der Waals surface area contributed by atoms with Crippen LogP contribution in [-0.4, -0.2) is 25.2 Å². The Morgan fingerprint density at radius 3 is 2.68 bits per heavy atom. The third kappa shape index (κ3) is 3.14. The van der Waals surface area contributed by atoms with E-state index < -0.39 is 23.4 Å². The van der Waals surface area contributed by atoms with E-state index in [0.717, 1.165) is 20.0 Å². The minimum atomic E-state index is -0.912. The number of nitrogens with one attached hydrogen (secondary N) is 2. The van der Waals surface area contributed by atoms with E-state index in [9.17, 15) is 14.0 Å². The fourth-order valence-corrected chi connectivity index (χ4v) is 1.73. The lowest BCUT2D eigenvalue weighted by Crippen LogP contribution is -2.30. The summed E-state index contributed by atoms with van der Waals surface area (Å²) < 4.78 is 18.5. The highest BCUT2D eigenvalue weighted by Crippen LogP contribution is 2.26. The first-order chi connectivity index (χ1) is 9.02. The van der Waals surface area contributed by atoms with Crippen molar-refractivity contribution in [3.05, 3.63) is 28.5 Å². The predicted octanol–water partition coefficient (Wildman–Crippen LogP) is 2.55. The lowest BCUT2D eigenvalue weighted by Gasteiger charge is -2.10. The van der Waals surface area contributed by atoms with Crippen LogP contribution >= 0.6 is 11.6 Å². The van der Waals surface area contributed by atoms with Gasteiger partial charge in [0.15, 0.2) is 5.82 Å². The number of methoxy groups -OCH3 is 1. The minimum Gasteiger partial charge on any atom is -0.465 e. The van der Waals surface area contributed by atoms with Crippen LogP contribution in [0.1, 0.15) is 23.2 Å². The Balaban J connectivity index is 2.20. The Labute approximate surface area is 114 Å². The van der Waals surface area contributed by atoms with E-state index in [1.54, 1.807) is 0 Å². The van der Waals surface area contributed by atoms with Gasteiger partial charge in [0.1, 0.15) is 5.56 Å². The normalized spacial score (nSPS) is 13.8. The zero-order valence-corrected chi connectivity index (χ0v) is 10.9. The summed E-state index contributed by atoms with van der Waals surface area (Å²) in [6.45, 7) is 0. The number of urea groups is 1. The molecule has 2 N–H and O–H groups in total. The van der Waals surface area contributed by atoms with Gasteiger partial charge in [-0.25, -0.2) is 14.0 Å². The third-order valence-electron chi connectivity index (χ3n) is 2.64. The molecular formula is C12H12ClFN2O3.